The molecule has 4 nitrogen and oxygen atoms in total. The van der Waals surface area contributed by atoms with Crippen molar-refractivity contribution in [3.05, 3.63) is 18.2 Å². The summed E-state index contributed by atoms with van der Waals surface area (Å²) < 4.78 is 8.21. The summed E-state index contributed by atoms with van der Waals surface area (Å²) in [5, 5.41) is 3.27. The van der Waals surface area contributed by atoms with Crippen molar-refractivity contribution < 1.29 is 4.74 Å². The third-order valence-corrected chi connectivity index (χ3v) is 3.41. The van der Waals surface area contributed by atoms with Crippen LogP contribution in [0.4, 0.5) is 0 Å². The highest BCUT2D eigenvalue weighted by atomic mass is 16.5. The Labute approximate surface area is 103 Å². The third-order valence-electron chi connectivity index (χ3n) is 3.41. The first-order chi connectivity index (χ1) is 8.36. The van der Waals surface area contributed by atoms with E-state index >= 15 is 0 Å². The molecule has 1 aromatic heterocycles. The Morgan fingerprint density at radius 3 is 3.24 bits per heavy atom. The summed E-state index contributed by atoms with van der Waals surface area (Å²) in [6.45, 7) is 5.11. The Balaban J connectivity index is 2.14. The molecule has 0 bridgehead atoms. The summed E-state index contributed by atoms with van der Waals surface area (Å²) in [6, 6.07) is 0. The lowest BCUT2D eigenvalue weighted by atomic mass is 9.92. The van der Waals surface area contributed by atoms with Crippen molar-refractivity contribution in [1.82, 2.24) is 14.9 Å². The van der Waals surface area contributed by atoms with Crippen LogP contribution in [0.1, 0.15) is 38.0 Å². The zero-order valence-electron chi connectivity index (χ0n) is 10.9. The van der Waals surface area contributed by atoms with Gasteiger partial charge in [-0.2, -0.15) is 0 Å². The molecule has 1 saturated heterocycles. The molecule has 0 radical (unpaired) electrons. The first kappa shape index (κ1) is 12.6. The van der Waals surface area contributed by atoms with E-state index in [1.54, 1.807) is 0 Å². The molecular weight excluding hydrogens is 214 g/mol. The molecule has 96 valence electrons. The second kappa shape index (κ2) is 6.17. The number of hydrogen-bond acceptors (Lipinski definition) is 3. The lowest BCUT2D eigenvalue weighted by molar-refractivity contribution is -0.0316. The van der Waals surface area contributed by atoms with Gasteiger partial charge in [-0.3, -0.25) is 0 Å². The molecule has 1 aromatic rings. The van der Waals surface area contributed by atoms with Crippen LogP contribution in [0, 0.1) is 5.92 Å². The monoisotopic (exact) mass is 237 g/mol. The van der Waals surface area contributed by atoms with E-state index in [-0.39, 0.29) is 6.10 Å². The molecule has 2 atom stereocenters. The Morgan fingerprint density at radius 2 is 2.47 bits per heavy atom. The predicted octanol–water partition coefficient (Wildman–Crippen LogP) is 1.98. The average Bonchev–Trinajstić information content (AvgIpc) is 2.79. The number of rotatable bonds is 5. The fourth-order valence-corrected chi connectivity index (χ4v) is 2.64. The molecule has 17 heavy (non-hydrogen) atoms. The van der Waals surface area contributed by atoms with Crippen molar-refractivity contribution in [2.24, 2.45) is 5.92 Å². The highest BCUT2D eigenvalue weighted by molar-refractivity contribution is 5.06. The maximum atomic E-state index is 5.97. The van der Waals surface area contributed by atoms with E-state index in [2.05, 4.69) is 21.8 Å². The molecule has 1 aliphatic heterocycles. The highest BCUT2D eigenvalue weighted by Gasteiger charge is 2.29. The van der Waals surface area contributed by atoms with Crippen LogP contribution in [-0.2, 0) is 11.3 Å². The van der Waals surface area contributed by atoms with Gasteiger partial charge in [0.15, 0.2) is 0 Å². The number of hydrogen-bond donors (Lipinski definition) is 1. The van der Waals surface area contributed by atoms with Crippen LogP contribution in [0.3, 0.4) is 0 Å². The van der Waals surface area contributed by atoms with Gasteiger partial charge >= 0.3 is 0 Å². The number of aryl methyl sites for hydroxylation is 1. The van der Waals surface area contributed by atoms with Gasteiger partial charge in [0, 0.05) is 25.6 Å². The smallest absolute Gasteiger partial charge is 0.103 e. The van der Waals surface area contributed by atoms with Crippen molar-refractivity contribution in [3.63, 3.8) is 0 Å². The topological polar surface area (TPSA) is 39.1 Å². The van der Waals surface area contributed by atoms with Crippen molar-refractivity contribution in [2.45, 2.75) is 38.8 Å². The molecule has 0 spiro atoms. The average molecular weight is 237 g/mol. The van der Waals surface area contributed by atoms with Crippen LogP contribution in [0.15, 0.2) is 12.5 Å². The zero-order valence-corrected chi connectivity index (χ0v) is 10.9. The van der Waals surface area contributed by atoms with Crippen LogP contribution < -0.4 is 5.32 Å². The van der Waals surface area contributed by atoms with Crippen LogP contribution in [0.5, 0.6) is 0 Å². The minimum absolute atomic E-state index is 0.213. The second-order valence-electron chi connectivity index (χ2n) is 4.76. The first-order valence-corrected chi connectivity index (χ1v) is 6.63. The summed E-state index contributed by atoms with van der Waals surface area (Å²) >= 11 is 0. The maximum absolute atomic E-state index is 5.97. The number of aromatic nitrogens is 2. The quantitative estimate of drug-likeness (QED) is 0.851. The summed E-state index contributed by atoms with van der Waals surface area (Å²) in [5.74, 6) is 0.570. The molecule has 1 fully saturated rings. The molecule has 0 aromatic carbocycles. The van der Waals surface area contributed by atoms with E-state index in [1.807, 2.05) is 19.6 Å². The van der Waals surface area contributed by atoms with E-state index < -0.39 is 0 Å². The van der Waals surface area contributed by atoms with Crippen LogP contribution in [0.25, 0.3) is 0 Å². The Morgan fingerprint density at radius 1 is 1.59 bits per heavy atom. The van der Waals surface area contributed by atoms with Crippen molar-refractivity contribution in [2.75, 3.05) is 20.2 Å². The number of nitrogens with one attached hydrogen (secondary N) is 1. The van der Waals surface area contributed by atoms with Crippen LogP contribution in [0.2, 0.25) is 0 Å². The maximum Gasteiger partial charge on any atom is 0.103 e. The normalized spacial score (nSPS) is 25.1. The van der Waals surface area contributed by atoms with Gasteiger partial charge in [-0.25, -0.2) is 4.98 Å². The number of nitrogens with zero attached hydrogens (tertiary/aromatic N) is 2. The largest absolute Gasteiger partial charge is 0.372 e. The SMILES string of the molecule is CCCn1cncc1C1OCCCC1CNC. The second-order valence-corrected chi connectivity index (χ2v) is 4.76. The van der Waals surface area contributed by atoms with E-state index in [0.717, 1.165) is 26.1 Å². The van der Waals surface area contributed by atoms with Crippen molar-refractivity contribution in [3.8, 4) is 0 Å². The van der Waals surface area contributed by atoms with Crippen molar-refractivity contribution in [1.29, 1.82) is 0 Å². The van der Waals surface area contributed by atoms with Crippen molar-refractivity contribution >= 4 is 0 Å². The summed E-state index contributed by atoms with van der Waals surface area (Å²) in [7, 11) is 2.01. The molecule has 0 aliphatic carbocycles. The van der Waals surface area contributed by atoms with Crippen LogP contribution >= 0.6 is 0 Å². The Bertz CT molecular complexity index is 335. The minimum Gasteiger partial charge on any atom is -0.372 e. The summed E-state index contributed by atoms with van der Waals surface area (Å²) in [6.07, 6.45) is 7.65. The van der Waals surface area contributed by atoms with E-state index in [0.29, 0.717) is 5.92 Å². The lowest BCUT2D eigenvalue weighted by Gasteiger charge is -2.32. The molecule has 0 saturated carbocycles. The molecule has 1 N–H and O–H groups in total. The zero-order chi connectivity index (χ0) is 12.1. The van der Waals surface area contributed by atoms with E-state index in [4.69, 9.17) is 4.74 Å². The standard InChI is InChI=1S/C13H23N3O/c1-3-6-16-10-15-9-12(16)13-11(8-14-2)5-4-7-17-13/h9-11,13-14H,3-8H2,1-2H3. The van der Waals surface area contributed by atoms with E-state index in [1.165, 1.54) is 18.5 Å². The fraction of sp³-hybridized carbons (Fsp3) is 0.769. The van der Waals surface area contributed by atoms with Gasteiger partial charge in [0.2, 0.25) is 0 Å². The molecule has 2 heterocycles. The molecule has 1 aliphatic rings. The Hall–Kier alpha value is -0.870. The predicted molar refractivity (Wildman–Crippen MR) is 67.9 cm³/mol. The number of imidazole rings is 1. The number of ether oxygens (including phenoxy) is 1. The molecule has 0 amide bonds. The molecule has 2 unspecified atom stereocenters. The van der Waals surface area contributed by atoms with Gasteiger partial charge in [0.1, 0.15) is 6.10 Å². The summed E-state index contributed by atoms with van der Waals surface area (Å²) in [4.78, 5) is 4.27. The highest BCUT2D eigenvalue weighted by Crippen LogP contribution is 2.33. The van der Waals surface area contributed by atoms with Crippen LogP contribution in [-0.4, -0.2) is 29.8 Å². The van der Waals surface area contributed by atoms with Gasteiger partial charge in [-0.15, -0.1) is 0 Å². The van der Waals surface area contributed by atoms with Gasteiger partial charge in [0.05, 0.1) is 18.2 Å². The first-order valence-electron chi connectivity index (χ1n) is 6.63. The molecule has 2 rings (SSSR count). The molecular formula is C13H23N3O. The minimum atomic E-state index is 0.213. The Kier molecular flexibility index (Phi) is 4.57. The van der Waals surface area contributed by atoms with Gasteiger partial charge in [-0.05, 0) is 26.3 Å². The van der Waals surface area contributed by atoms with Gasteiger partial charge in [0.25, 0.3) is 0 Å². The van der Waals surface area contributed by atoms with Gasteiger partial charge in [-0.1, -0.05) is 6.92 Å². The fourth-order valence-electron chi connectivity index (χ4n) is 2.64. The van der Waals surface area contributed by atoms with E-state index in [9.17, 15) is 0 Å². The van der Waals surface area contributed by atoms with Gasteiger partial charge < -0.3 is 14.6 Å². The lowest BCUT2D eigenvalue weighted by Crippen LogP contribution is -2.31. The summed E-state index contributed by atoms with van der Waals surface area (Å²) in [5.41, 5.74) is 1.24. The third kappa shape index (κ3) is 2.87. The molecule has 4 heteroatoms.